The molecule has 0 heterocycles. The number of allylic oxidation sites excluding steroid dienone is 1. The summed E-state index contributed by atoms with van der Waals surface area (Å²) >= 11 is 0. The van der Waals surface area contributed by atoms with Crippen molar-refractivity contribution in [3.63, 3.8) is 0 Å². The van der Waals surface area contributed by atoms with Crippen molar-refractivity contribution in [3.8, 4) is 0 Å². The van der Waals surface area contributed by atoms with Crippen LogP contribution in [-0.2, 0) is 6.42 Å². The number of nitrogens with two attached hydrogens (primary N) is 1. The third-order valence-corrected chi connectivity index (χ3v) is 2.21. The van der Waals surface area contributed by atoms with Gasteiger partial charge < -0.3 is 5.73 Å². The minimum Gasteiger partial charge on any atom is -0.399 e. The quantitative estimate of drug-likeness (QED) is 0.556. The first-order valence-corrected chi connectivity index (χ1v) is 3.84. The summed E-state index contributed by atoms with van der Waals surface area (Å²) in [6, 6.07) is 6.06. The number of aryl methyl sites for hydroxylation is 1. The van der Waals surface area contributed by atoms with E-state index in [2.05, 4.69) is 12.6 Å². The SMILES string of the molecule is C=C1CCc2cc(N)ccc21. The summed E-state index contributed by atoms with van der Waals surface area (Å²) in [4.78, 5) is 0. The fraction of sp³-hybridized carbons (Fsp3) is 0.200. The molecule has 1 aromatic carbocycles. The zero-order chi connectivity index (χ0) is 7.84. The minimum absolute atomic E-state index is 0.860. The molecule has 0 radical (unpaired) electrons. The average Bonchev–Trinajstić information content (AvgIpc) is 2.32. The number of anilines is 1. The van der Waals surface area contributed by atoms with Gasteiger partial charge in [0.2, 0.25) is 0 Å². The van der Waals surface area contributed by atoms with Crippen molar-refractivity contribution in [1.82, 2.24) is 0 Å². The molecule has 1 heteroatoms. The summed E-state index contributed by atoms with van der Waals surface area (Å²) in [6.07, 6.45) is 2.21. The lowest BCUT2D eigenvalue weighted by Gasteiger charge is -1.99. The van der Waals surface area contributed by atoms with E-state index in [0.29, 0.717) is 0 Å². The highest BCUT2D eigenvalue weighted by molar-refractivity contribution is 5.72. The van der Waals surface area contributed by atoms with Gasteiger partial charge in [0.15, 0.2) is 0 Å². The van der Waals surface area contributed by atoms with Crippen LogP contribution in [0.5, 0.6) is 0 Å². The van der Waals surface area contributed by atoms with Gasteiger partial charge in [-0.2, -0.15) is 0 Å². The van der Waals surface area contributed by atoms with E-state index >= 15 is 0 Å². The maximum Gasteiger partial charge on any atom is 0.0317 e. The number of rotatable bonds is 0. The Bertz CT molecular complexity index is 313. The van der Waals surface area contributed by atoms with Crippen LogP contribution in [0.25, 0.3) is 5.57 Å². The van der Waals surface area contributed by atoms with Crippen molar-refractivity contribution in [2.24, 2.45) is 0 Å². The van der Waals surface area contributed by atoms with E-state index in [-0.39, 0.29) is 0 Å². The van der Waals surface area contributed by atoms with Crippen LogP contribution in [0, 0.1) is 0 Å². The van der Waals surface area contributed by atoms with Crippen LogP contribution in [0.4, 0.5) is 5.69 Å². The molecule has 0 atom stereocenters. The zero-order valence-electron chi connectivity index (χ0n) is 6.43. The van der Waals surface area contributed by atoms with Crippen LogP contribution in [0.2, 0.25) is 0 Å². The number of hydrogen-bond acceptors (Lipinski definition) is 1. The van der Waals surface area contributed by atoms with Crippen LogP contribution >= 0.6 is 0 Å². The molecule has 0 aliphatic heterocycles. The van der Waals surface area contributed by atoms with Crippen LogP contribution in [0.1, 0.15) is 17.5 Å². The predicted molar refractivity (Wildman–Crippen MR) is 48.2 cm³/mol. The molecule has 0 spiro atoms. The lowest BCUT2D eigenvalue weighted by molar-refractivity contribution is 1.08. The van der Waals surface area contributed by atoms with Gasteiger partial charge >= 0.3 is 0 Å². The Hall–Kier alpha value is -1.24. The van der Waals surface area contributed by atoms with Crippen molar-refractivity contribution < 1.29 is 0 Å². The maximum atomic E-state index is 5.65. The Morgan fingerprint density at radius 2 is 2.09 bits per heavy atom. The Morgan fingerprint density at radius 1 is 1.27 bits per heavy atom. The number of nitrogen functional groups attached to an aromatic ring is 1. The van der Waals surface area contributed by atoms with Gasteiger partial charge in [0.1, 0.15) is 0 Å². The number of benzene rings is 1. The van der Waals surface area contributed by atoms with Crippen molar-refractivity contribution >= 4 is 11.3 Å². The average molecular weight is 145 g/mol. The second-order valence-electron chi connectivity index (χ2n) is 3.02. The normalized spacial score (nSPS) is 15.1. The first-order chi connectivity index (χ1) is 5.27. The molecule has 0 saturated carbocycles. The minimum atomic E-state index is 0.860. The van der Waals surface area contributed by atoms with Gasteiger partial charge in [-0.25, -0.2) is 0 Å². The van der Waals surface area contributed by atoms with Gasteiger partial charge in [0.25, 0.3) is 0 Å². The van der Waals surface area contributed by atoms with Gasteiger partial charge in [-0.15, -0.1) is 0 Å². The molecular weight excluding hydrogens is 134 g/mol. The van der Waals surface area contributed by atoms with E-state index in [1.807, 2.05) is 12.1 Å². The summed E-state index contributed by atoms with van der Waals surface area (Å²) in [5, 5.41) is 0. The molecule has 1 aliphatic carbocycles. The Kier molecular flexibility index (Phi) is 1.25. The molecule has 1 nitrogen and oxygen atoms in total. The van der Waals surface area contributed by atoms with Crippen LogP contribution in [0.3, 0.4) is 0 Å². The lowest BCUT2D eigenvalue weighted by atomic mass is 10.1. The molecule has 2 rings (SSSR count). The van der Waals surface area contributed by atoms with Crippen LogP contribution in [-0.4, -0.2) is 0 Å². The molecule has 0 saturated heterocycles. The van der Waals surface area contributed by atoms with Crippen molar-refractivity contribution in [3.05, 3.63) is 35.9 Å². The fourth-order valence-corrected chi connectivity index (χ4v) is 1.59. The Morgan fingerprint density at radius 3 is 2.91 bits per heavy atom. The van der Waals surface area contributed by atoms with E-state index in [9.17, 15) is 0 Å². The van der Waals surface area contributed by atoms with E-state index in [1.165, 1.54) is 16.7 Å². The van der Waals surface area contributed by atoms with Crippen molar-refractivity contribution in [2.75, 3.05) is 5.73 Å². The van der Waals surface area contributed by atoms with Crippen LogP contribution in [0.15, 0.2) is 24.8 Å². The van der Waals surface area contributed by atoms with E-state index in [4.69, 9.17) is 5.73 Å². The molecule has 56 valence electrons. The number of hydrogen-bond donors (Lipinski definition) is 1. The summed E-state index contributed by atoms with van der Waals surface area (Å²) in [7, 11) is 0. The fourth-order valence-electron chi connectivity index (χ4n) is 1.59. The standard InChI is InChI=1S/C10H11N/c1-7-2-3-8-6-9(11)4-5-10(7)8/h4-6H,1-3,11H2. The van der Waals surface area contributed by atoms with E-state index in [0.717, 1.165) is 18.5 Å². The van der Waals surface area contributed by atoms with Gasteiger partial charge in [0.05, 0.1) is 0 Å². The summed E-state index contributed by atoms with van der Waals surface area (Å²) in [5.41, 5.74) is 10.4. The second kappa shape index (κ2) is 2.12. The highest BCUT2D eigenvalue weighted by atomic mass is 14.5. The highest BCUT2D eigenvalue weighted by Crippen LogP contribution is 2.31. The van der Waals surface area contributed by atoms with E-state index in [1.54, 1.807) is 0 Å². The van der Waals surface area contributed by atoms with Crippen molar-refractivity contribution in [1.29, 1.82) is 0 Å². The summed E-state index contributed by atoms with van der Waals surface area (Å²) in [6.45, 7) is 3.98. The molecule has 0 aromatic heterocycles. The molecule has 0 amide bonds. The highest BCUT2D eigenvalue weighted by Gasteiger charge is 2.13. The molecule has 0 fully saturated rings. The molecule has 1 aliphatic rings. The third-order valence-electron chi connectivity index (χ3n) is 2.21. The van der Waals surface area contributed by atoms with Gasteiger partial charge in [0, 0.05) is 5.69 Å². The predicted octanol–water partition coefficient (Wildman–Crippen LogP) is 2.23. The second-order valence-corrected chi connectivity index (χ2v) is 3.02. The monoisotopic (exact) mass is 145 g/mol. The largest absolute Gasteiger partial charge is 0.399 e. The zero-order valence-corrected chi connectivity index (χ0v) is 6.43. The van der Waals surface area contributed by atoms with Crippen LogP contribution < -0.4 is 5.73 Å². The van der Waals surface area contributed by atoms with Gasteiger partial charge in [-0.05, 0) is 41.7 Å². The maximum absolute atomic E-state index is 5.65. The van der Waals surface area contributed by atoms with Gasteiger partial charge in [-0.1, -0.05) is 12.6 Å². The first-order valence-electron chi connectivity index (χ1n) is 3.84. The molecular formula is C10H11N. The summed E-state index contributed by atoms with van der Waals surface area (Å²) < 4.78 is 0. The first kappa shape index (κ1) is 6.47. The van der Waals surface area contributed by atoms with Gasteiger partial charge in [-0.3, -0.25) is 0 Å². The van der Waals surface area contributed by atoms with Crippen molar-refractivity contribution in [2.45, 2.75) is 12.8 Å². The molecule has 0 bridgehead atoms. The topological polar surface area (TPSA) is 26.0 Å². The molecule has 2 N–H and O–H groups in total. The molecule has 0 unspecified atom stereocenters. The summed E-state index contributed by atoms with van der Waals surface area (Å²) in [5.74, 6) is 0. The molecule has 11 heavy (non-hydrogen) atoms. The van der Waals surface area contributed by atoms with E-state index < -0.39 is 0 Å². The molecule has 1 aromatic rings. The smallest absolute Gasteiger partial charge is 0.0317 e. The Labute approximate surface area is 66.5 Å². The lowest BCUT2D eigenvalue weighted by Crippen LogP contribution is -1.87. The number of fused-ring (bicyclic) bond motifs is 1. The Balaban J connectivity index is 2.59. The third kappa shape index (κ3) is 0.929.